The highest BCUT2D eigenvalue weighted by Gasteiger charge is 2.36. The lowest BCUT2D eigenvalue weighted by atomic mass is 9.88. The second kappa shape index (κ2) is 7.44. The molecule has 3 heterocycles. The molecule has 2 aliphatic rings. The molecule has 6 nitrogen and oxygen atoms in total. The van der Waals surface area contributed by atoms with E-state index in [1.807, 2.05) is 24.4 Å². The third-order valence-electron chi connectivity index (χ3n) is 6.20. The molecule has 1 aromatic heterocycles. The molecule has 0 radical (unpaired) electrons. The fraction of sp³-hybridized carbons (Fsp3) is 0.348. The van der Waals surface area contributed by atoms with Gasteiger partial charge in [-0.1, -0.05) is 43.3 Å². The van der Waals surface area contributed by atoms with Gasteiger partial charge in [0.1, 0.15) is 5.82 Å². The summed E-state index contributed by atoms with van der Waals surface area (Å²) in [7, 11) is 0. The molecule has 5 rings (SSSR count). The summed E-state index contributed by atoms with van der Waals surface area (Å²) in [6.45, 7) is 5.86. The standard InChI is InChI=1S/C23H25N5O/c1-2-28-13-19(15-6-4-3-5-7-15)20(14-28)22-26-21-9-8-16(17-11-24-25-12-17)10-18(21)23(29)27-22/h3-11,17,19-20,25H,2,12-14H2,1H3,(H,26,27,29)/t17?,19-,20+/m0/s1. The van der Waals surface area contributed by atoms with Gasteiger partial charge in [-0.25, -0.2) is 4.98 Å². The maximum Gasteiger partial charge on any atom is 0.222 e. The molecule has 148 valence electrons. The average molecular weight is 387 g/mol. The predicted molar refractivity (Wildman–Crippen MR) is 114 cm³/mol. The number of nitrogens with zero attached hydrogens (tertiary/aromatic N) is 4. The molecule has 0 spiro atoms. The molecule has 0 saturated carbocycles. The number of nitrogens with one attached hydrogen (secondary N) is 1. The number of likely N-dealkylation sites (tertiary alicyclic amines) is 1. The van der Waals surface area contributed by atoms with Crippen molar-refractivity contribution in [3.63, 3.8) is 0 Å². The number of hydrogen-bond acceptors (Lipinski definition) is 6. The van der Waals surface area contributed by atoms with Crippen molar-refractivity contribution in [3.05, 3.63) is 65.5 Å². The third-order valence-corrected chi connectivity index (χ3v) is 6.20. The van der Waals surface area contributed by atoms with Crippen LogP contribution >= 0.6 is 0 Å². The Morgan fingerprint density at radius 3 is 2.62 bits per heavy atom. The molecule has 1 unspecified atom stereocenters. The number of aromatic nitrogens is 2. The smallest absolute Gasteiger partial charge is 0.222 e. The average Bonchev–Trinajstić information content (AvgIpc) is 3.44. The van der Waals surface area contributed by atoms with Crippen LogP contribution in [-0.4, -0.2) is 52.4 Å². The lowest BCUT2D eigenvalue weighted by Crippen LogP contribution is -2.20. The Kier molecular flexibility index (Phi) is 4.64. The number of hydrogen-bond donors (Lipinski definition) is 2. The van der Waals surface area contributed by atoms with Gasteiger partial charge in [-0.3, -0.25) is 0 Å². The second-order valence-corrected chi connectivity index (χ2v) is 7.90. The predicted octanol–water partition coefficient (Wildman–Crippen LogP) is 3.21. The van der Waals surface area contributed by atoms with Crippen molar-refractivity contribution >= 4 is 17.1 Å². The summed E-state index contributed by atoms with van der Waals surface area (Å²) in [5.41, 5.74) is 6.19. The van der Waals surface area contributed by atoms with Gasteiger partial charge in [0.25, 0.3) is 0 Å². The van der Waals surface area contributed by atoms with E-state index in [2.05, 4.69) is 57.7 Å². The Hall–Kier alpha value is -2.99. The third kappa shape index (κ3) is 3.34. The summed E-state index contributed by atoms with van der Waals surface area (Å²) in [5.74, 6) is 1.51. The van der Waals surface area contributed by atoms with Crippen LogP contribution in [0, 0.1) is 0 Å². The first-order valence-electron chi connectivity index (χ1n) is 10.3. The van der Waals surface area contributed by atoms with Crippen molar-refractivity contribution in [1.29, 1.82) is 0 Å². The second-order valence-electron chi connectivity index (χ2n) is 7.90. The number of hydrazone groups is 1. The first-order valence-corrected chi connectivity index (χ1v) is 10.3. The molecular formula is C23H25N5O. The zero-order valence-corrected chi connectivity index (χ0v) is 16.5. The van der Waals surface area contributed by atoms with Gasteiger partial charge in [-0.2, -0.15) is 10.1 Å². The Labute approximate surface area is 170 Å². The van der Waals surface area contributed by atoms with Gasteiger partial charge in [-0.05, 0) is 29.8 Å². The summed E-state index contributed by atoms with van der Waals surface area (Å²) in [4.78, 5) is 11.9. The van der Waals surface area contributed by atoms with E-state index in [9.17, 15) is 5.11 Å². The van der Waals surface area contributed by atoms with Crippen LogP contribution in [0.4, 0.5) is 0 Å². The highest BCUT2D eigenvalue weighted by Crippen LogP contribution is 2.39. The molecular weight excluding hydrogens is 362 g/mol. The van der Waals surface area contributed by atoms with E-state index in [-0.39, 0.29) is 17.7 Å². The lowest BCUT2D eigenvalue weighted by molar-refractivity contribution is 0.349. The fourth-order valence-electron chi connectivity index (χ4n) is 4.54. The van der Waals surface area contributed by atoms with E-state index >= 15 is 0 Å². The van der Waals surface area contributed by atoms with Crippen LogP contribution in [0.15, 0.2) is 53.6 Å². The van der Waals surface area contributed by atoms with E-state index in [1.165, 1.54) is 5.56 Å². The molecule has 1 fully saturated rings. The molecule has 2 N–H and O–H groups in total. The fourth-order valence-corrected chi connectivity index (χ4v) is 4.54. The minimum atomic E-state index is 0.0662. The van der Waals surface area contributed by atoms with Crippen LogP contribution in [0.1, 0.15) is 41.6 Å². The summed E-state index contributed by atoms with van der Waals surface area (Å²) in [6.07, 6.45) is 1.90. The normalized spacial score (nSPS) is 24.2. The Bertz CT molecular complexity index is 1050. The molecule has 3 aromatic rings. The monoisotopic (exact) mass is 387 g/mol. The Balaban J connectivity index is 1.53. The number of likely N-dealkylation sites (N-methyl/N-ethyl adjacent to an activating group) is 1. The van der Waals surface area contributed by atoms with Gasteiger partial charge in [0.05, 0.1) is 10.9 Å². The first-order chi connectivity index (χ1) is 14.2. The van der Waals surface area contributed by atoms with Gasteiger partial charge in [0, 0.05) is 43.6 Å². The quantitative estimate of drug-likeness (QED) is 0.719. The highest BCUT2D eigenvalue weighted by molar-refractivity contribution is 5.85. The van der Waals surface area contributed by atoms with E-state index in [0.29, 0.717) is 11.3 Å². The maximum atomic E-state index is 10.7. The minimum Gasteiger partial charge on any atom is -0.493 e. The van der Waals surface area contributed by atoms with Crippen LogP contribution in [0.3, 0.4) is 0 Å². The van der Waals surface area contributed by atoms with Crippen LogP contribution in [0.5, 0.6) is 5.88 Å². The molecule has 0 bridgehead atoms. The minimum absolute atomic E-state index is 0.0662. The molecule has 3 atom stereocenters. The lowest BCUT2D eigenvalue weighted by Gasteiger charge is -2.18. The van der Waals surface area contributed by atoms with Crippen LogP contribution in [0.2, 0.25) is 0 Å². The van der Waals surface area contributed by atoms with Crippen molar-refractivity contribution in [2.75, 3.05) is 26.2 Å². The summed E-state index contributed by atoms with van der Waals surface area (Å²) in [5, 5.41) is 15.5. The topological polar surface area (TPSA) is 73.6 Å². The molecule has 29 heavy (non-hydrogen) atoms. The van der Waals surface area contributed by atoms with Crippen molar-refractivity contribution in [1.82, 2.24) is 20.3 Å². The van der Waals surface area contributed by atoms with Crippen molar-refractivity contribution in [2.24, 2.45) is 5.10 Å². The largest absolute Gasteiger partial charge is 0.493 e. The molecule has 2 aliphatic heterocycles. The Morgan fingerprint density at radius 2 is 1.86 bits per heavy atom. The van der Waals surface area contributed by atoms with E-state index in [4.69, 9.17) is 4.98 Å². The van der Waals surface area contributed by atoms with Gasteiger partial charge >= 0.3 is 0 Å². The van der Waals surface area contributed by atoms with Crippen LogP contribution in [0.25, 0.3) is 10.9 Å². The van der Waals surface area contributed by atoms with Gasteiger partial charge in [0.15, 0.2) is 0 Å². The summed E-state index contributed by atoms with van der Waals surface area (Å²) in [6, 6.07) is 16.6. The summed E-state index contributed by atoms with van der Waals surface area (Å²) < 4.78 is 0. The molecule has 6 heteroatoms. The number of rotatable bonds is 4. The number of fused-ring (bicyclic) bond motifs is 1. The zero-order chi connectivity index (χ0) is 19.8. The van der Waals surface area contributed by atoms with Crippen LogP contribution < -0.4 is 5.43 Å². The molecule has 1 saturated heterocycles. The number of benzene rings is 2. The van der Waals surface area contributed by atoms with Crippen molar-refractivity contribution in [3.8, 4) is 5.88 Å². The van der Waals surface area contributed by atoms with Gasteiger partial charge < -0.3 is 15.4 Å². The maximum absolute atomic E-state index is 10.7. The van der Waals surface area contributed by atoms with Crippen LogP contribution in [-0.2, 0) is 0 Å². The van der Waals surface area contributed by atoms with E-state index in [1.54, 1.807) is 0 Å². The Morgan fingerprint density at radius 1 is 1.03 bits per heavy atom. The zero-order valence-electron chi connectivity index (χ0n) is 16.5. The van der Waals surface area contributed by atoms with Crippen molar-refractivity contribution < 1.29 is 5.11 Å². The molecule has 0 amide bonds. The van der Waals surface area contributed by atoms with E-state index < -0.39 is 0 Å². The summed E-state index contributed by atoms with van der Waals surface area (Å²) >= 11 is 0. The number of aromatic hydroxyl groups is 1. The first kappa shape index (κ1) is 18.1. The van der Waals surface area contributed by atoms with Crippen molar-refractivity contribution in [2.45, 2.75) is 24.7 Å². The van der Waals surface area contributed by atoms with Gasteiger partial charge in [-0.15, -0.1) is 0 Å². The highest BCUT2D eigenvalue weighted by atomic mass is 16.3. The SMILES string of the molecule is CCN1C[C@@H](c2ccccc2)[C@H](c2nc(O)c3cc(C4C=NNC4)ccc3n2)C1. The molecule has 0 aliphatic carbocycles. The van der Waals surface area contributed by atoms with Gasteiger partial charge in [0.2, 0.25) is 5.88 Å². The molecule has 2 aromatic carbocycles. The van der Waals surface area contributed by atoms with E-state index in [0.717, 1.165) is 43.1 Å².